The fraction of sp³-hybridized carbons (Fsp3) is 0.545. The molecule has 1 aliphatic heterocycles. The summed E-state index contributed by atoms with van der Waals surface area (Å²) in [4.78, 5) is 30.2. The highest BCUT2D eigenvalue weighted by atomic mass is 32.2. The lowest BCUT2D eigenvalue weighted by molar-refractivity contribution is -0.115. The Hall–Kier alpha value is -1.97. The Morgan fingerprint density at radius 2 is 2.13 bits per heavy atom. The lowest BCUT2D eigenvalue weighted by atomic mass is 10.1. The first-order valence-corrected chi connectivity index (χ1v) is 12.3. The Kier molecular flexibility index (Phi) is 12.2. The molecule has 170 valence electrons. The third-order valence-electron chi connectivity index (χ3n) is 4.83. The predicted octanol–water partition coefficient (Wildman–Crippen LogP) is 2.74. The minimum Gasteiger partial charge on any atom is -0.363 e. The highest BCUT2D eigenvalue weighted by molar-refractivity contribution is 8.00. The van der Waals surface area contributed by atoms with E-state index in [1.165, 1.54) is 37.1 Å². The van der Waals surface area contributed by atoms with Gasteiger partial charge in [-0.1, -0.05) is 12.5 Å². The molecule has 1 amide bonds. The molecule has 1 fully saturated rings. The maximum atomic E-state index is 12.9. The molecule has 0 spiro atoms. The Balaban J connectivity index is 1.90. The summed E-state index contributed by atoms with van der Waals surface area (Å²) in [6.45, 7) is 6.53. The summed E-state index contributed by atoms with van der Waals surface area (Å²) in [7, 11) is 0. The standard InChI is InChI=1S/C22H33N5O2S2/c1-2-23-22(30)25-11-15-31-19(8-4-7-14-28)21(29)26-20-16-18(9-10-24-20)17-27-12-5-3-6-13-27/h4,7,9-10,14,16,19H,2-3,5-6,8,11-13,15,17H2,1H3,(H2,23,25,30)(H,24,26,29)/b7-4-. The summed E-state index contributed by atoms with van der Waals surface area (Å²) < 4.78 is 0. The number of aromatic nitrogens is 1. The number of nitrogens with one attached hydrogen (secondary N) is 3. The van der Waals surface area contributed by atoms with E-state index in [1.807, 2.05) is 19.1 Å². The largest absolute Gasteiger partial charge is 0.363 e. The van der Waals surface area contributed by atoms with Crippen LogP contribution in [0, 0.1) is 0 Å². The highest BCUT2D eigenvalue weighted by Crippen LogP contribution is 2.19. The van der Waals surface area contributed by atoms with Crippen LogP contribution in [-0.2, 0) is 16.1 Å². The molecular weight excluding hydrogens is 430 g/mol. The zero-order valence-corrected chi connectivity index (χ0v) is 19.8. The quantitative estimate of drug-likeness (QED) is 0.189. The maximum absolute atomic E-state index is 12.9. The van der Waals surface area contributed by atoms with Crippen LogP contribution in [0.5, 0.6) is 0 Å². The average Bonchev–Trinajstić information content (AvgIpc) is 2.76. The number of nitrogens with zero attached hydrogens (tertiary/aromatic N) is 2. The van der Waals surface area contributed by atoms with E-state index in [1.54, 1.807) is 12.3 Å². The van der Waals surface area contributed by atoms with Gasteiger partial charge in [-0.25, -0.2) is 4.98 Å². The van der Waals surface area contributed by atoms with Gasteiger partial charge in [-0.2, -0.15) is 0 Å². The zero-order valence-electron chi connectivity index (χ0n) is 18.1. The molecule has 1 aliphatic rings. The molecule has 9 heteroatoms. The summed E-state index contributed by atoms with van der Waals surface area (Å²) >= 11 is 6.68. The molecular formula is C22H33N5O2S2. The normalized spacial score (nSPS) is 15.4. The van der Waals surface area contributed by atoms with Gasteiger partial charge >= 0.3 is 0 Å². The van der Waals surface area contributed by atoms with Gasteiger partial charge in [0.1, 0.15) is 12.1 Å². The maximum Gasteiger partial charge on any atom is 0.238 e. The van der Waals surface area contributed by atoms with Crippen LogP contribution in [-0.4, -0.2) is 64.4 Å². The Morgan fingerprint density at radius 1 is 1.32 bits per heavy atom. The van der Waals surface area contributed by atoms with E-state index < -0.39 is 0 Å². The Bertz CT molecular complexity index is 738. The van der Waals surface area contributed by atoms with Crippen molar-refractivity contribution in [2.75, 3.05) is 37.2 Å². The first-order chi connectivity index (χ1) is 15.1. The molecule has 1 unspecified atom stereocenters. The molecule has 2 rings (SSSR count). The van der Waals surface area contributed by atoms with Crippen molar-refractivity contribution in [1.29, 1.82) is 0 Å². The van der Waals surface area contributed by atoms with Crippen LogP contribution >= 0.6 is 24.0 Å². The molecule has 0 aromatic carbocycles. The fourth-order valence-corrected chi connectivity index (χ4v) is 4.53. The van der Waals surface area contributed by atoms with E-state index >= 15 is 0 Å². The number of hydrogen-bond acceptors (Lipinski definition) is 6. The number of carbonyl (C=O) groups excluding carboxylic acids is 2. The number of thioether (sulfide) groups is 1. The topological polar surface area (TPSA) is 86.4 Å². The van der Waals surface area contributed by atoms with Crippen molar-refractivity contribution in [3.8, 4) is 0 Å². The summed E-state index contributed by atoms with van der Waals surface area (Å²) in [6.07, 6.45) is 9.89. The van der Waals surface area contributed by atoms with Gasteiger partial charge in [0, 0.05) is 31.6 Å². The number of pyridine rings is 1. The number of likely N-dealkylation sites (tertiary alicyclic amines) is 1. The highest BCUT2D eigenvalue weighted by Gasteiger charge is 2.19. The van der Waals surface area contributed by atoms with Gasteiger partial charge in [0.25, 0.3) is 0 Å². The van der Waals surface area contributed by atoms with Gasteiger partial charge in [0.2, 0.25) is 5.91 Å². The molecule has 1 aromatic rings. The van der Waals surface area contributed by atoms with Crippen molar-refractivity contribution in [2.45, 2.75) is 44.4 Å². The number of carbonyl (C=O) groups is 2. The molecule has 0 bridgehead atoms. The van der Waals surface area contributed by atoms with Crippen LogP contribution in [0.4, 0.5) is 5.82 Å². The Morgan fingerprint density at radius 3 is 2.87 bits per heavy atom. The molecule has 0 radical (unpaired) electrons. The number of thiocarbonyl (C=S) groups is 1. The number of aldehydes is 1. The van der Waals surface area contributed by atoms with Crippen LogP contribution < -0.4 is 16.0 Å². The predicted molar refractivity (Wildman–Crippen MR) is 132 cm³/mol. The van der Waals surface area contributed by atoms with Crippen molar-refractivity contribution in [2.24, 2.45) is 0 Å². The van der Waals surface area contributed by atoms with Crippen LogP contribution in [0.15, 0.2) is 30.5 Å². The third kappa shape index (κ3) is 10.3. The van der Waals surface area contributed by atoms with E-state index in [0.717, 1.165) is 38.0 Å². The van der Waals surface area contributed by atoms with E-state index in [4.69, 9.17) is 12.2 Å². The molecule has 0 saturated carbocycles. The first kappa shape index (κ1) is 25.3. The van der Waals surface area contributed by atoms with Crippen LogP contribution in [0.2, 0.25) is 0 Å². The van der Waals surface area contributed by atoms with E-state index in [2.05, 4.69) is 25.8 Å². The van der Waals surface area contributed by atoms with Crippen LogP contribution in [0.25, 0.3) is 0 Å². The summed E-state index contributed by atoms with van der Waals surface area (Å²) in [5.74, 6) is 1.16. The van der Waals surface area contributed by atoms with Gasteiger partial charge in [-0.3, -0.25) is 14.5 Å². The van der Waals surface area contributed by atoms with Crippen molar-refractivity contribution in [3.05, 3.63) is 36.0 Å². The van der Waals surface area contributed by atoms with E-state index in [-0.39, 0.29) is 11.2 Å². The van der Waals surface area contributed by atoms with E-state index in [0.29, 0.717) is 29.6 Å². The molecule has 1 atom stereocenters. The van der Waals surface area contributed by atoms with Crippen LogP contribution in [0.3, 0.4) is 0 Å². The molecule has 7 nitrogen and oxygen atoms in total. The Labute approximate surface area is 194 Å². The number of allylic oxidation sites excluding steroid dienone is 2. The smallest absolute Gasteiger partial charge is 0.238 e. The van der Waals surface area contributed by atoms with Crippen molar-refractivity contribution in [1.82, 2.24) is 20.5 Å². The number of amides is 1. The number of piperidine rings is 1. The van der Waals surface area contributed by atoms with Gasteiger partial charge in [-0.15, -0.1) is 11.8 Å². The monoisotopic (exact) mass is 463 g/mol. The lowest BCUT2D eigenvalue weighted by Gasteiger charge is -2.26. The van der Waals surface area contributed by atoms with Crippen molar-refractivity contribution in [3.63, 3.8) is 0 Å². The molecule has 2 heterocycles. The second-order valence-corrected chi connectivity index (χ2v) is 9.04. The number of anilines is 1. The minimum atomic E-state index is -0.321. The van der Waals surface area contributed by atoms with Gasteiger partial charge < -0.3 is 16.0 Å². The summed E-state index contributed by atoms with van der Waals surface area (Å²) in [5.41, 5.74) is 1.15. The SMILES string of the molecule is CCNC(=S)NCCSC(C/C=C\C=O)C(=O)Nc1cc(CN2CCCCC2)ccn1. The molecule has 1 aromatic heterocycles. The number of rotatable bonds is 12. The molecule has 0 aliphatic carbocycles. The third-order valence-corrected chi connectivity index (χ3v) is 6.37. The second kappa shape index (κ2) is 14.9. The van der Waals surface area contributed by atoms with Gasteiger partial charge in [0.15, 0.2) is 5.11 Å². The van der Waals surface area contributed by atoms with Crippen molar-refractivity contribution >= 4 is 47.1 Å². The minimum absolute atomic E-state index is 0.113. The fourth-order valence-electron chi connectivity index (χ4n) is 3.32. The number of hydrogen-bond donors (Lipinski definition) is 3. The molecule has 31 heavy (non-hydrogen) atoms. The van der Waals surface area contributed by atoms with Crippen LogP contribution in [0.1, 0.15) is 38.2 Å². The van der Waals surface area contributed by atoms with Crippen molar-refractivity contribution < 1.29 is 9.59 Å². The van der Waals surface area contributed by atoms with Gasteiger partial charge in [0.05, 0.1) is 5.25 Å². The summed E-state index contributed by atoms with van der Waals surface area (Å²) in [5, 5.41) is 9.39. The summed E-state index contributed by atoms with van der Waals surface area (Å²) in [6, 6.07) is 3.95. The zero-order chi connectivity index (χ0) is 22.3. The average molecular weight is 464 g/mol. The lowest BCUT2D eigenvalue weighted by Crippen LogP contribution is -2.36. The van der Waals surface area contributed by atoms with Gasteiger partial charge in [-0.05, 0) is 75.3 Å². The second-order valence-electron chi connectivity index (χ2n) is 7.32. The first-order valence-electron chi connectivity index (χ1n) is 10.8. The molecule has 3 N–H and O–H groups in total. The van der Waals surface area contributed by atoms with E-state index in [9.17, 15) is 9.59 Å². The molecule has 1 saturated heterocycles.